The van der Waals surface area contributed by atoms with Crippen molar-refractivity contribution < 1.29 is 9.59 Å². The summed E-state index contributed by atoms with van der Waals surface area (Å²) in [6.45, 7) is 4.82. The van der Waals surface area contributed by atoms with Gasteiger partial charge in [0.1, 0.15) is 0 Å². The van der Waals surface area contributed by atoms with Crippen LogP contribution in [-0.2, 0) is 6.54 Å². The smallest absolute Gasteiger partial charge is 0.257 e. The summed E-state index contributed by atoms with van der Waals surface area (Å²) in [7, 11) is 3.44. The van der Waals surface area contributed by atoms with Crippen molar-refractivity contribution in [1.29, 1.82) is 0 Å². The van der Waals surface area contributed by atoms with Gasteiger partial charge >= 0.3 is 0 Å². The van der Waals surface area contributed by atoms with E-state index < -0.39 is 0 Å². The molecule has 156 valence electrons. The minimum Gasteiger partial charge on any atom is -0.345 e. The summed E-state index contributed by atoms with van der Waals surface area (Å²) in [6, 6.07) is 14.7. The lowest BCUT2D eigenvalue weighted by molar-refractivity contribution is 0.0750. The number of aromatic nitrogens is 2. The van der Waals surface area contributed by atoms with Crippen LogP contribution in [0.25, 0.3) is 5.69 Å². The fraction of sp³-hybridized carbons (Fsp3) is 0.261. The Morgan fingerprint density at radius 2 is 1.77 bits per heavy atom. The molecule has 3 rings (SSSR count). The van der Waals surface area contributed by atoms with Gasteiger partial charge in [-0.3, -0.25) is 9.59 Å². The average molecular weight is 425 g/mol. The van der Waals surface area contributed by atoms with Crippen LogP contribution in [0.4, 0.5) is 0 Å². The number of halogens is 1. The van der Waals surface area contributed by atoms with E-state index in [1.54, 1.807) is 48.1 Å². The highest BCUT2D eigenvalue weighted by Gasteiger charge is 2.21. The van der Waals surface area contributed by atoms with Crippen LogP contribution in [0, 0.1) is 6.92 Å². The SMILES string of the molecule is CCN(Cc1ccc(C(=O)N(C)C)cc1)C(=O)c1cnn(-c2cccc(Cl)c2)c1C. The van der Waals surface area contributed by atoms with E-state index >= 15 is 0 Å². The molecule has 0 saturated heterocycles. The molecule has 2 amide bonds. The number of hydrogen-bond donors (Lipinski definition) is 0. The first-order chi connectivity index (χ1) is 14.3. The van der Waals surface area contributed by atoms with Gasteiger partial charge in [0.2, 0.25) is 0 Å². The minimum absolute atomic E-state index is 0.0472. The monoisotopic (exact) mass is 424 g/mol. The van der Waals surface area contributed by atoms with Crippen LogP contribution in [-0.4, -0.2) is 52.0 Å². The Kier molecular flexibility index (Phi) is 6.57. The average Bonchev–Trinajstić information content (AvgIpc) is 3.12. The van der Waals surface area contributed by atoms with Crippen molar-refractivity contribution in [3.8, 4) is 5.69 Å². The topological polar surface area (TPSA) is 58.4 Å². The van der Waals surface area contributed by atoms with Crippen LogP contribution < -0.4 is 0 Å². The number of carbonyl (C=O) groups is 2. The van der Waals surface area contributed by atoms with E-state index in [-0.39, 0.29) is 11.8 Å². The van der Waals surface area contributed by atoms with Crippen molar-refractivity contribution >= 4 is 23.4 Å². The number of benzene rings is 2. The minimum atomic E-state index is -0.0864. The maximum atomic E-state index is 13.2. The number of nitrogens with zero attached hydrogens (tertiary/aromatic N) is 4. The molecule has 0 aliphatic rings. The second kappa shape index (κ2) is 9.13. The third-order valence-corrected chi connectivity index (χ3v) is 5.18. The Morgan fingerprint density at radius 1 is 1.07 bits per heavy atom. The highest BCUT2D eigenvalue weighted by atomic mass is 35.5. The molecule has 1 heterocycles. The van der Waals surface area contributed by atoms with E-state index in [0.29, 0.717) is 29.2 Å². The molecule has 0 atom stereocenters. The van der Waals surface area contributed by atoms with Crippen LogP contribution in [0.1, 0.15) is 38.9 Å². The lowest BCUT2D eigenvalue weighted by Gasteiger charge is -2.21. The first-order valence-electron chi connectivity index (χ1n) is 9.72. The van der Waals surface area contributed by atoms with E-state index in [1.165, 1.54) is 4.90 Å². The van der Waals surface area contributed by atoms with E-state index in [4.69, 9.17) is 11.6 Å². The van der Waals surface area contributed by atoms with Crippen LogP contribution in [0.2, 0.25) is 5.02 Å². The highest BCUT2D eigenvalue weighted by Crippen LogP contribution is 2.20. The van der Waals surface area contributed by atoms with Crippen molar-refractivity contribution in [1.82, 2.24) is 19.6 Å². The van der Waals surface area contributed by atoms with Gasteiger partial charge in [0.25, 0.3) is 11.8 Å². The first kappa shape index (κ1) is 21.6. The van der Waals surface area contributed by atoms with Gasteiger partial charge in [-0.25, -0.2) is 4.68 Å². The predicted molar refractivity (Wildman–Crippen MR) is 118 cm³/mol. The molecule has 0 aliphatic heterocycles. The quantitative estimate of drug-likeness (QED) is 0.595. The summed E-state index contributed by atoms with van der Waals surface area (Å²) in [5.74, 6) is -0.134. The maximum absolute atomic E-state index is 13.2. The molecule has 0 spiro atoms. The Labute approximate surface area is 181 Å². The summed E-state index contributed by atoms with van der Waals surface area (Å²) >= 11 is 6.09. The molecule has 0 unspecified atom stereocenters. The lowest BCUT2D eigenvalue weighted by Crippen LogP contribution is -2.30. The van der Waals surface area contributed by atoms with E-state index in [9.17, 15) is 9.59 Å². The molecule has 1 aromatic heterocycles. The zero-order chi connectivity index (χ0) is 21.8. The van der Waals surface area contributed by atoms with Gasteiger partial charge in [0, 0.05) is 37.8 Å². The molecule has 0 N–H and O–H groups in total. The molecule has 0 saturated carbocycles. The number of amides is 2. The van der Waals surface area contributed by atoms with Crippen molar-refractivity contribution in [2.45, 2.75) is 20.4 Å². The Bertz CT molecular complexity index is 1060. The maximum Gasteiger partial charge on any atom is 0.257 e. The van der Waals surface area contributed by atoms with Gasteiger partial charge < -0.3 is 9.80 Å². The third-order valence-electron chi connectivity index (χ3n) is 4.94. The van der Waals surface area contributed by atoms with Crippen molar-refractivity contribution in [2.75, 3.05) is 20.6 Å². The standard InChI is InChI=1S/C23H25ClN4O2/c1-5-27(15-17-9-11-18(12-10-17)22(29)26(3)4)23(30)21-14-25-28(16(21)2)20-8-6-7-19(24)13-20/h6-14H,5,15H2,1-4H3. The Morgan fingerprint density at radius 3 is 2.37 bits per heavy atom. The van der Waals surface area contributed by atoms with Gasteiger partial charge in [-0.15, -0.1) is 0 Å². The Balaban J connectivity index is 1.79. The molecule has 0 aliphatic carbocycles. The summed E-state index contributed by atoms with van der Waals surface area (Å²) in [5, 5.41) is 5.00. The molecule has 30 heavy (non-hydrogen) atoms. The first-order valence-corrected chi connectivity index (χ1v) is 10.1. The van der Waals surface area contributed by atoms with E-state index in [0.717, 1.165) is 16.9 Å². The summed E-state index contributed by atoms with van der Waals surface area (Å²) < 4.78 is 1.72. The molecule has 3 aromatic rings. The second-order valence-electron chi connectivity index (χ2n) is 7.25. The molecule has 6 nitrogen and oxygen atoms in total. The zero-order valence-corrected chi connectivity index (χ0v) is 18.3. The fourth-order valence-corrected chi connectivity index (χ4v) is 3.40. The van der Waals surface area contributed by atoms with Gasteiger partial charge in [-0.2, -0.15) is 5.10 Å². The fourth-order valence-electron chi connectivity index (χ4n) is 3.22. The molecule has 0 fully saturated rings. The van der Waals surface area contributed by atoms with E-state index in [1.807, 2.05) is 44.2 Å². The normalized spacial score (nSPS) is 10.7. The Hall–Kier alpha value is -3.12. The highest BCUT2D eigenvalue weighted by molar-refractivity contribution is 6.30. The summed E-state index contributed by atoms with van der Waals surface area (Å²) in [5.41, 5.74) is 3.70. The second-order valence-corrected chi connectivity index (χ2v) is 7.69. The van der Waals surface area contributed by atoms with Gasteiger partial charge in [-0.1, -0.05) is 29.8 Å². The van der Waals surface area contributed by atoms with Crippen molar-refractivity contribution in [3.63, 3.8) is 0 Å². The largest absolute Gasteiger partial charge is 0.345 e. The molecule has 0 radical (unpaired) electrons. The third kappa shape index (κ3) is 4.54. The summed E-state index contributed by atoms with van der Waals surface area (Å²) in [6.07, 6.45) is 1.60. The van der Waals surface area contributed by atoms with Gasteiger partial charge in [0.05, 0.1) is 23.1 Å². The van der Waals surface area contributed by atoms with Gasteiger partial charge in [0.15, 0.2) is 0 Å². The summed E-state index contributed by atoms with van der Waals surface area (Å²) in [4.78, 5) is 28.5. The van der Waals surface area contributed by atoms with E-state index in [2.05, 4.69) is 5.10 Å². The predicted octanol–water partition coefficient (Wildman–Crippen LogP) is 4.20. The van der Waals surface area contributed by atoms with Crippen molar-refractivity contribution in [3.05, 3.63) is 82.1 Å². The van der Waals surface area contributed by atoms with Crippen LogP contribution in [0.3, 0.4) is 0 Å². The van der Waals surface area contributed by atoms with Crippen LogP contribution in [0.5, 0.6) is 0 Å². The number of hydrogen-bond acceptors (Lipinski definition) is 3. The molecule has 2 aromatic carbocycles. The van der Waals surface area contributed by atoms with Gasteiger partial charge in [-0.05, 0) is 49.7 Å². The lowest BCUT2D eigenvalue weighted by atomic mass is 10.1. The van der Waals surface area contributed by atoms with Crippen molar-refractivity contribution in [2.24, 2.45) is 0 Å². The number of rotatable bonds is 6. The van der Waals surface area contributed by atoms with Crippen LogP contribution >= 0.6 is 11.6 Å². The molecule has 0 bridgehead atoms. The zero-order valence-electron chi connectivity index (χ0n) is 17.6. The molecule has 7 heteroatoms. The molecular weight excluding hydrogens is 400 g/mol. The molecular formula is C23H25ClN4O2. The van der Waals surface area contributed by atoms with Crippen LogP contribution in [0.15, 0.2) is 54.7 Å². The number of carbonyl (C=O) groups excluding carboxylic acids is 2.